The van der Waals surface area contributed by atoms with Gasteiger partial charge < -0.3 is 14.8 Å². The van der Waals surface area contributed by atoms with Crippen molar-refractivity contribution in [3.05, 3.63) is 34.9 Å². The fraction of sp³-hybridized carbons (Fsp3) is 0.600. The molecule has 0 amide bonds. The van der Waals surface area contributed by atoms with Crippen molar-refractivity contribution in [3.8, 4) is 0 Å². The second-order valence-corrected chi connectivity index (χ2v) is 4.73. The second kappa shape index (κ2) is 10.2. The van der Waals surface area contributed by atoms with Crippen LogP contribution in [-0.4, -0.2) is 26.0 Å². The van der Waals surface area contributed by atoms with E-state index in [-0.39, 0.29) is 6.29 Å². The summed E-state index contributed by atoms with van der Waals surface area (Å²) in [5.41, 5.74) is 1.21. The average Bonchev–Trinajstić information content (AvgIpc) is 2.39. The van der Waals surface area contributed by atoms with Gasteiger partial charge in [0.15, 0.2) is 6.29 Å². The van der Waals surface area contributed by atoms with Crippen LogP contribution in [0.25, 0.3) is 0 Å². The molecule has 0 bridgehead atoms. The molecule has 0 aliphatic heterocycles. The van der Waals surface area contributed by atoms with E-state index in [4.69, 9.17) is 21.1 Å². The highest BCUT2D eigenvalue weighted by Gasteiger charge is 2.06. The first kappa shape index (κ1) is 16.4. The number of nitrogens with one attached hydrogen (secondary N) is 1. The Morgan fingerprint density at radius 1 is 1.21 bits per heavy atom. The Bertz CT molecular complexity index is 341. The van der Waals surface area contributed by atoms with E-state index in [1.807, 2.05) is 32.0 Å². The molecule has 19 heavy (non-hydrogen) atoms. The molecular formula is C15H24ClNO2. The van der Waals surface area contributed by atoms with Crippen molar-refractivity contribution in [2.24, 2.45) is 0 Å². The van der Waals surface area contributed by atoms with Crippen LogP contribution in [0.4, 0.5) is 0 Å². The van der Waals surface area contributed by atoms with E-state index in [1.54, 1.807) is 0 Å². The zero-order valence-corrected chi connectivity index (χ0v) is 12.6. The van der Waals surface area contributed by atoms with Crippen molar-refractivity contribution in [1.29, 1.82) is 0 Å². The lowest BCUT2D eigenvalue weighted by molar-refractivity contribution is -0.139. The number of halogens is 1. The van der Waals surface area contributed by atoms with Crippen LogP contribution in [0.5, 0.6) is 0 Å². The van der Waals surface area contributed by atoms with Gasteiger partial charge in [-0.2, -0.15) is 0 Å². The minimum Gasteiger partial charge on any atom is -0.353 e. The van der Waals surface area contributed by atoms with E-state index < -0.39 is 0 Å². The Hall–Kier alpha value is -0.610. The van der Waals surface area contributed by atoms with E-state index in [0.717, 1.165) is 31.0 Å². The molecule has 1 rings (SSSR count). The van der Waals surface area contributed by atoms with Crippen molar-refractivity contribution >= 4 is 11.6 Å². The minimum atomic E-state index is -0.0667. The van der Waals surface area contributed by atoms with Gasteiger partial charge in [-0.1, -0.05) is 23.7 Å². The van der Waals surface area contributed by atoms with Gasteiger partial charge in [0, 0.05) is 24.8 Å². The summed E-state index contributed by atoms with van der Waals surface area (Å²) >= 11 is 5.94. The molecule has 0 aliphatic carbocycles. The van der Waals surface area contributed by atoms with Gasteiger partial charge in [0.1, 0.15) is 0 Å². The second-order valence-electron chi connectivity index (χ2n) is 4.29. The standard InChI is InChI=1S/C15H24ClNO2/c1-3-18-15(19-4-2)9-6-10-17-12-13-7-5-8-14(16)11-13/h5,7-8,11,15,17H,3-4,6,9-10,12H2,1-2H3. The number of benzene rings is 1. The number of hydrogen-bond donors (Lipinski definition) is 1. The van der Waals surface area contributed by atoms with Gasteiger partial charge in [-0.3, -0.25) is 0 Å². The van der Waals surface area contributed by atoms with E-state index in [1.165, 1.54) is 5.56 Å². The lowest BCUT2D eigenvalue weighted by atomic mass is 10.2. The minimum absolute atomic E-state index is 0.0667. The van der Waals surface area contributed by atoms with Crippen LogP contribution in [0.2, 0.25) is 5.02 Å². The molecule has 0 aromatic heterocycles. The lowest BCUT2D eigenvalue weighted by Crippen LogP contribution is -2.21. The van der Waals surface area contributed by atoms with Gasteiger partial charge >= 0.3 is 0 Å². The van der Waals surface area contributed by atoms with E-state index in [2.05, 4.69) is 11.4 Å². The van der Waals surface area contributed by atoms with Crippen LogP contribution < -0.4 is 5.32 Å². The molecule has 1 aromatic rings. The third-order valence-electron chi connectivity index (χ3n) is 2.72. The summed E-state index contributed by atoms with van der Waals surface area (Å²) in [6.07, 6.45) is 1.89. The molecule has 0 atom stereocenters. The maximum atomic E-state index is 5.94. The predicted octanol–water partition coefficient (Wildman–Crippen LogP) is 3.61. The summed E-state index contributed by atoms with van der Waals surface area (Å²) in [6.45, 7) is 7.16. The molecule has 0 unspecified atom stereocenters. The maximum absolute atomic E-state index is 5.94. The predicted molar refractivity (Wildman–Crippen MR) is 79.4 cm³/mol. The fourth-order valence-electron chi connectivity index (χ4n) is 1.86. The first-order chi connectivity index (χ1) is 9.26. The maximum Gasteiger partial charge on any atom is 0.157 e. The van der Waals surface area contributed by atoms with Crippen LogP contribution in [0.3, 0.4) is 0 Å². The van der Waals surface area contributed by atoms with Gasteiger partial charge in [-0.25, -0.2) is 0 Å². The lowest BCUT2D eigenvalue weighted by Gasteiger charge is -2.16. The number of hydrogen-bond acceptors (Lipinski definition) is 3. The molecular weight excluding hydrogens is 262 g/mol. The van der Waals surface area contributed by atoms with Gasteiger partial charge in [0.25, 0.3) is 0 Å². The molecule has 1 N–H and O–H groups in total. The van der Waals surface area contributed by atoms with Gasteiger partial charge in [-0.05, 0) is 50.9 Å². The first-order valence-electron chi connectivity index (χ1n) is 6.94. The summed E-state index contributed by atoms with van der Waals surface area (Å²) in [5.74, 6) is 0. The van der Waals surface area contributed by atoms with Crippen molar-refractivity contribution in [2.75, 3.05) is 19.8 Å². The first-order valence-corrected chi connectivity index (χ1v) is 7.32. The van der Waals surface area contributed by atoms with Gasteiger partial charge in [-0.15, -0.1) is 0 Å². The number of ether oxygens (including phenoxy) is 2. The van der Waals surface area contributed by atoms with E-state index in [0.29, 0.717) is 13.2 Å². The third kappa shape index (κ3) is 7.53. The Balaban J connectivity index is 2.13. The SMILES string of the molecule is CCOC(CCCNCc1cccc(Cl)c1)OCC. The largest absolute Gasteiger partial charge is 0.353 e. The molecule has 0 spiro atoms. The smallest absolute Gasteiger partial charge is 0.157 e. The molecule has 0 saturated carbocycles. The summed E-state index contributed by atoms with van der Waals surface area (Å²) < 4.78 is 11.0. The zero-order valence-electron chi connectivity index (χ0n) is 11.8. The third-order valence-corrected chi connectivity index (χ3v) is 2.95. The highest BCUT2D eigenvalue weighted by Crippen LogP contribution is 2.10. The monoisotopic (exact) mass is 285 g/mol. The molecule has 0 saturated heterocycles. The van der Waals surface area contributed by atoms with E-state index in [9.17, 15) is 0 Å². The Labute approximate surface area is 121 Å². The van der Waals surface area contributed by atoms with Crippen molar-refractivity contribution in [3.63, 3.8) is 0 Å². The van der Waals surface area contributed by atoms with Crippen molar-refractivity contribution < 1.29 is 9.47 Å². The summed E-state index contributed by atoms with van der Waals surface area (Å²) in [4.78, 5) is 0. The highest BCUT2D eigenvalue weighted by molar-refractivity contribution is 6.30. The van der Waals surface area contributed by atoms with Crippen LogP contribution >= 0.6 is 11.6 Å². The Morgan fingerprint density at radius 3 is 2.58 bits per heavy atom. The summed E-state index contributed by atoms with van der Waals surface area (Å²) in [6, 6.07) is 7.92. The number of rotatable bonds is 10. The molecule has 108 valence electrons. The highest BCUT2D eigenvalue weighted by atomic mass is 35.5. The summed E-state index contributed by atoms with van der Waals surface area (Å²) in [7, 11) is 0. The topological polar surface area (TPSA) is 30.5 Å². The molecule has 3 nitrogen and oxygen atoms in total. The normalized spacial score (nSPS) is 11.2. The van der Waals surface area contributed by atoms with Crippen molar-refractivity contribution in [1.82, 2.24) is 5.32 Å². The van der Waals surface area contributed by atoms with Crippen LogP contribution in [-0.2, 0) is 16.0 Å². The van der Waals surface area contributed by atoms with Crippen LogP contribution in [0, 0.1) is 0 Å². The molecule has 0 fully saturated rings. The molecule has 0 aliphatic rings. The molecule has 0 heterocycles. The molecule has 0 radical (unpaired) electrons. The molecule has 4 heteroatoms. The van der Waals surface area contributed by atoms with Gasteiger partial charge in [0.2, 0.25) is 0 Å². The van der Waals surface area contributed by atoms with Crippen LogP contribution in [0.1, 0.15) is 32.3 Å². The Kier molecular flexibility index (Phi) is 8.84. The summed E-state index contributed by atoms with van der Waals surface area (Å²) in [5, 5.41) is 4.18. The zero-order chi connectivity index (χ0) is 13.9. The Morgan fingerprint density at radius 2 is 1.95 bits per heavy atom. The van der Waals surface area contributed by atoms with Gasteiger partial charge in [0.05, 0.1) is 0 Å². The van der Waals surface area contributed by atoms with Crippen LogP contribution in [0.15, 0.2) is 24.3 Å². The quantitative estimate of drug-likeness (QED) is 0.526. The van der Waals surface area contributed by atoms with Crippen molar-refractivity contribution in [2.45, 2.75) is 39.5 Å². The van der Waals surface area contributed by atoms with E-state index >= 15 is 0 Å². The average molecular weight is 286 g/mol. The fourth-order valence-corrected chi connectivity index (χ4v) is 2.07. The molecule has 1 aromatic carbocycles.